The Morgan fingerprint density at radius 1 is 0.828 bits per heavy atom. The summed E-state index contributed by atoms with van der Waals surface area (Å²) < 4.78 is 12.0. The van der Waals surface area contributed by atoms with Gasteiger partial charge in [0.1, 0.15) is 0 Å². The first-order chi connectivity index (χ1) is 14.3. The zero-order valence-corrected chi connectivity index (χ0v) is 19.1. The third kappa shape index (κ3) is 4.41. The van der Waals surface area contributed by atoms with E-state index in [0.717, 1.165) is 17.7 Å². The van der Waals surface area contributed by atoms with Crippen LogP contribution in [0.2, 0.25) is 0 Å². The third-order valence-electron chi connectivity index (χ3n) is 7.26. The first-order valence-corrected chi connectivity index (χ1v) is 13.1. The Labute approximate surface area is 178 Å². The van der Waals surface area contributed by atoms with Crippen LogP contribution in [0.4, 0.5) is 0 Å². The molecule has 4 rings (SSSR count). The van der Waals surface area contributed by atoms with E-state index in [1.807, 2.05) is 0 Å². The molecule has 0 spiro atoms. The van der Waals surface area contributed by atoms with E-state index in [9.17, 15) is 0 Å². The van der Waals surface area contributed by atoms with E-state index in [1.54, 1.807) is 19.5 Å². The molecule has 1 aromatic carbocycles. The number of allylic oxidation sites excluding steroid dienone is 2. The largest absolute Gasteiger partial charge is 0.349 e. The standard InChI is InChI=1S/C26H37O2P/c1-27-26(28-2)20-12-11-18-24(26)23-17-9-10-19-25(23)29(21-13-5-3-6-14-21)22-15-7-4-8-16-22/h9-12,17-19,21-22H,3-8,13-16,20H2,1-2H3. The van der Waals surface area contributed by atoms with Gasteiger partial charge in [-0.15, -0.1) is 0 Å². The lowest BCUT2D eigenvalue weighted by atomic mass is 9.91. The van der Waals surface area contributed by atoms with Gasteiger partial charge in [-0.2, -0.15) is 0 Å². The molecule has 2 nitrogen and oxygen atoms in total. The molecular weight excluding hydrogens is 375 g/mol. The maximum atomic E-state index is 5.99. The molecule has 0 amide bonds. The van der Waals surface area contributed by atoms with Gasteiger partial charge in [-0.3, -0.25) is 0 Å². The molecule has 0 radical (unpaired) electrons. The van der Waals surface area contributed by atoms with Crippen LogP contribution in [0.5, 0.6) is 0 Å². The summed E-state index contributed by atoms with van der Waals surface area (Å²) in [5.74, 6) is -0.662. The topological polar surface area (TPSA) is 18.5 Å². The Morgan fingerprint density at radius 3 is 2.00 bits per heavy atom. The number of methoxy groups -OCH3 is 2. The quantitative estimate of drug-likeness (QED) is 0.378. The minimum Gasteiger partial charge on any atom is -0.349 e. The van der Waals surface area contributed by atoms with Crippen LogP contribution < -0.4 is 5.30 Å². The van der Waals surface area contributed by atoms with Crippen LogP contribution in [0.15, 0.2) is 42.5 Å². The highest BCUT2D eigenvalue weighted by atomic mass is 31.1. The molecule has 0 aliphatic heterocycles. The molecule has 0 heterocycles. The molecule has 0 aromatic heterocycles. The van der Waals surface area contributed by atoms with Crippen LogP contribution in [-0.2, 0) is 9.47 Å². The normalized spacial score (nSPS) is 23.3. The number of hydrogen-bond donors (Lipinski definition) is 0. The summed E-state index contributed by atoms with van der Waals surface area (Å²) in [5.41, 5.74) is 4.37. The van der Waals surface area contributed by atoms with Crippen LogP contribution in [0.1, 0.15) is 76.2 Å². The smallest absolute Gasteiger partial charge is 0.198 e. The summed E-state index contributed by atoms with van der Waals surface area (Å²) in [6.07, 6.45) is 21.6. The van der Waals surface area contributed by atoms with E-state index in [1.165, 1.54) is 75.3 Å². The molecule has 3 aliphatic carbocycles. The van der Waals surface area contributed by atoms with Crippen molar-refractivity contribution >= 4 is 18.8 Å². The first kappa shape index (κ1) is 21.3. The lowest BCUT2D eigenvalue weighted by Crippen LogP contribution is -2.38. The van der Waals surface area contributed by atoms with Gasteiger partial charge in [0, 0.05) is 26.2 Å². The fraction of sp³-hybridized carbons (Fsp3) is 0.615. The summed E-state index contributed by atoms with van der Waals surface area (Å²) in [6.45, 7) is 0. The van der Waals surface area contributed by atoms with Gasteiger partial charge in [-0.1, -0.05) is 88.9 Å². The molecule has 3 heteroatoms. The van der Waals surface area contributed by atoms with E-state index in [2.05, 4.69) is 42.5 Å². The Kier molecular flexibility index (Phi) is 7.27. The minimum atomic E-state index is -0.662. The van der Waals surface area contributed by atoms with E-state index < -0.39 is 5.79 Å². The fourth-order valence-corrected chi connectivity index (χ4v) is 9.68. The molecule has 0 bridgehead atoms. The second kappa shape index (κ2) is 9.90. The number of ether oxygens (including phenoxy) is 2. The van der Waals surface area contributed by atoms with E-state index in [4.69, 9.17) is 9.47 Å². The van der Waals surface area contributed by atoms with Gasteiger partial charge in [0.2, 0.25) is 0 Å². The van der Waals surface area contributed by atoms with E-state index >= 15 is 0 Å². The average Bonchev–Trinajstić information content (AvgIpc) is 2.81. The molecule has 1 aromatic rings. The zero-order chi connectivity index (χ0) is 20.1. The number of benzene rings is 1. The van der Waals surface area contributed by atoms with Gasteiger partial charge in [-0.25, -0.2) is 0 Å². The van der Waals surface area contributed by atoms with Crippen molar-refractivity contribution in [2.45, 2.75) is 87.7 Å². The molecule has 2 fully saturated rings. The van der Waals surface area contributed by atoms with Gasteiger partial charge in [-0.05, 0) is 47.9 Å². The Bertz CT molecular complexity index is 704. The van der Waals surface area contributed by atoms with Gasteiger partial charge < -0.3 is 9.47 Å². The van der Waals surface area contributed by atoms with Gasteiger partial charge >= 0.3 is 0 Å². The predicted octanol–water partition coefficient (Wildman–Crippen LogP) is 6.79. The Hall–Kier alpha value is -0.950. The molecule has 0 N–H and O–H groups in total. The summed E-state index contributed by atoms with van der Waals surface area (Å²) in [5, 5.41) is 1.61. The summed E-state index contributed by atoms with van der Waals surface area (Å²) in [7, 11) is 3.40. The van der Waals surface area contributed by atoms with Crippen LogP contribution in [0, 0.1) is 0 Å². The van der Waals surface area contributed by atoms with Crippen molar-refractivity contribution in [1.82, 2.24) is 0 Å². The lowest BCUT2D eigenvalue weighted by Gasteiger charge is -2.41. The molecule has 0 atom stereocenters. The summed E-state index contributed by atoms with van der Waals surface area (Å²) >= 11 is 0. The highest BCUT2D eigenvalue weighted by Crippen LogP contribution is 2.56. The summed E-state index contributed by atoms with van der Waals surface area (Å²) in [4.78, 5) is 0. The zero-order valence-electron chi connectivity index (χ0n) is 18.2. The second-order valence-corrected chi connectivity index (χ2v) is 11.6. The summed E-state index contributed by atoms with van der Waals surface area (Å²) in [6, 6.07) is 9.23. The molecular formula is C26H37O2P. The third-order valence-corrected chi connectivity index (χ3v) is 10.8. The number of rotatable bonds is 6. The van der Waals surface area contributed by atoms with Crippen molar-refractivity contribution in [3.63, 3.8) is 0 Å². The Morgan fingerprint density at radius 2 is 1.41 bits per heavy atom. The van der Waals surface area contributed by atoms with Crippen molar-refractivity contribution in [2.75, 3.05) is 14.2 Å². The highest BCUT2D eigenvalue weighted by Gasteiger charge is 2.39. The molecule has 29 heavy (non-hydrogen) atoms. The average molecular weight is 413 g/mol. The maximum Gasteiger partial charge on any atom is 0.198 e. The van der Waals surface area contributed by atoms with Crippen molar-refractivity contribution in [2.24, 2.45) is 0 Å². The predicted molar refractivity (Wildman–Crippen MR) is 125 cm³/mol. The van der Waals surface area contributed by atoms with E-state index in [-0.39, 0.29) is 7.92 Å². The van der Waals surface area contributed by atoms with E-state index in [0.29, 0.717) is 0 Å². The molecule has 3 aliphatic rings. The maximum absolute atomic E-state index is 5.99. The monoisotopic (exact) mass is 412 g/mol. The van der Waals surface area contributed by atoms with Gasteiger partial charge in [0.25, 0.3) is 0 Å². The van der Waals surface area contributed by atoms with Crippen molar-refractivity contribution < 1.29 is 9.47 Å². The number of hydrogen-bond acceptors (Lipinski definition) is 2. The lowest BCUT2D eigenvalue weighted by molar-refractivity contribution is -0.159. The van der Waals surface area contributed by atoms with Gasteiger partial charge in [0.15, 0.2) is 5.79 Å². The van der Waals surface area contributed by atoms with Gasteiger partial charge in [0.05, 0.1) is 0 Å². The molecule has 158 valence electrons. The van der Waals surface area contributed by atoms with Crippen molar-refractivity contribution in [1.29, 1.82) is 0 Å². The van der Waals surface area contributed by atoms with Crippen LogP contribution in [0.3, 0.4) is 0 Å². The molecule has 2 saturated carbocycles. The van der Waals surface area contributed by atoms with Crippen LogP contribution >= 0.6 is 7.92 Å². The minimum absolute atomic E-state index is 0.165. The second-order valence-electron chi connectivity index (χ2n) is 8.88. The van der Waals surface area contributed by atoms with Crippen molar-refractivity contribution in [3.05, 3.63) is 48.1 Å². The molecule has 0 unspecified atom stereocenters. The Balaban J connectivity index is 1.77. The fourth-order valence-electron chi connectivity index (χ4n) is 5.73. The highest BCUT2D eigenvalue weighted by molar-refractivity contribution is 7.67. The van der Waals surface area contributed by atoms with Crippen LogP contribution in [-0.4, -0.2) is 31.3 Å². The van der Waals surface area contributed by atoms with Crippen LogP contribution in [0.25, 0.3) is 5.57 Å². The molecule has 0 saturated heterocycles. The first-order valence-electron chi connectivity index (χ1n) is 11.6. The SMILES string of the molecule is COC1(OC)CC=CC=C1c1ccccc1P(C1CCCCC1)C1CCCCC1. The van der Waals surface area contributed by atoms with Crippen molar-refractivity contribution in [3.8, 4) is 0 Å².